The molecule has 1 saturated heterocycles. The Hall–Kier alpha value is -1.41. The van der Waals surface area contributed by atoms with E-state index in [0.29, 0.717) is 19.0 Å². The molecular formula is C11H17N3O4S. The molecule has 1 N–H and O–H groups in total. The molecule has 0 unspecified atom stereocenters. The quantitative estimate of drug-likeness (QED) is 0.864. The van der Waals surface area contributed by atoms with E-state index in [-0.39, 0.29) is 11.6 Å². The van der Waals surface area contributed by atoms with E-state index in [0.717, 1.165) is 12.8 Å². The predicted molar refractivity (Wildman–Crippen MR) is 67.0 cm³/mol. The Balaban J connectivity index is 2.19. The Bertz CT molecular complexity index is 566. The maximum atomic E-state index is 12.3. The summed E-state index contributed by atoms with van der Waals surface area (Å²) in [5.41, 5.74) is 0. The van der Waals surface area contributed by atoms with Crippen molar-refractivity contribution in [1.29, 1.82) is 0 Å². The van der Waals surface area contributed by atoms with Crippen molar-refractivity contribution in [2.75, 3.05) is 13.1 Å². The number of nitrogens with zero attached hydrogens (tertiary/aromatic N) is 3. The Morgan fingerprint density at radius 3 is 2.95 bits per heavy atom. The van der Waals surface area contributed by atoms with Crippen molar-refractivity contribution in [3.63, 3.8) is 0 Å². The van der Waals surface area contributed by atoms with Crippen molar-refractivity contribution in [2.45, 2.75) is 31.3 Å². The SMILES string of the molecule is C[C@@H]1CCCN(S(=O)(=O)c2cn(CC(=O)O)cn2)C1. The zero-order chi connectivity index (χ0) is 14.0. The fourth-order valence-electron chi connectivity index (χ4n) is 2.21. The van der Waals surface area contributed by atoms with E-state index >= 15 is 0 Å². The van der Waals surface area contributed by atoms with Gasteiger partial charge in [-0.25, -0.2) is 13.4 Å². The second kappa shape index (κ2) is 5.30. The Morgan fingerprint density at radius 1 is 1.58 bits per heavy atom. The summed E-state index contributed by atoms with van der Waals surface area (Å²) in [6.07, 6.45) is 4.37. The smallest absolute Gasteiger partial charge is 0.323 e. The fourth-order valence-corrected chi connectivity index (χ4v) is 3.75. The average molecular weight is 287 g/mol. The fraction of sp³-hybridized carbons (Fsp3) is 0.636. The number of sulfonamides is 1. The maximum absolute atomic E-state index is 12.3. The van der Waals surface area contributed by atoms with E-state index in [1.807, 2.05) is 6.92 Å². The van der Waals surface area contributed by atoms with Crippen LogP contribution in [0.1, 0.15) is 19.8 Å². The highest BCUT2D eigenvalue weighted by Gasteiger charge is 2.30. The third-order valence-electron chi connectivity index (χ3n) is 3.15. The third kappa shape index (κ3) is 3.13. The van der Waals surface area contributed by atoms with Crippen molar-refractivity contribution < 1.29 is 18.3 Å². The molecule has 106 valence electrons. The monoisotopic (exact) mass is 287 g/mol. The van der Waals surface area contributed by atoms with Gasteiger partial charge in [0.1, 0.15) is 6.54 Å². The molecule has 0 bridgehead atoms. The van der Waals surface area contributed by atoms with Crippen LogP contribution in [-0.4, -0.2) is 46.4 Å². The number of carboxylic acids is 1. The highest BCUT2D eigenvalue weighted by molar-refractivity contribution is 7.89. The van der Waals surface area contributed by atoms with Crippen molar-refractivity contribution in [1.82, 2.24) is 13.9 Å². The van der Waals surface area contributed by atoms with Crippen molar-refractivity contribution in [3.8, 4) is 0 Å². The topological polar surface area (TPSA) is 92.5 Å². The summed E-state index contributed by atoms with van der Waals surface area (Å²) in [7, 11) is -3.60. The molecule has 1 aromatic heterocycles. The van der Waals surface area contributed by atoms with Gasteiger partial charge in [0.2, 0.25) is 0 Å². The van der Waals surface area contributed by atoms with E-state index < -0.39 is 16.0 Å². The summed E-state index contributed by atoms with van der Waals surface area (Å²) in [4.78, 5) is 14.4. The molecule has 0 aliphatic carbocycles. The minimum Gasteiger partial charge on any atom is -0.480 e. The predicted octanol–water partition coefficient (Wildman–Crippen LogP) is 0.388. The number of carboxylic acid groups (broad SMARTS) is 1. The zero-order valence-corrected chi connectivity index (χ0v) is 11.5. The van der Waals surface area contributed by atoms with Crippen LogP contribution in [0.25, 0.3) is 0 Å². The number of rotatable bonds is 4. The zero-order valence-electron chi connectivity index (χ0n) is 10.7. The summed E-state index contributed by atoms with van der Waals surface area (Å²) in [6.45, 7) is 2.72. The number of piperidine rings is 1. The van der Waals surface area contributed by atoms with Gasteiger partial charge in [-0.15, -0.1) is 0 Å². The number of hydrogen-bond donors (Lipinski definition) is 1. The first-order valence-corrected chi connectivity index (χ1v) is 7.57. The molecule has 1 atom stereocenters. The van der Waals surface area contributed by atoms with Crippen LogP contribution in [0, 0.1) is 5.92 Å². The minimum absolute atomic E-state index is 0.0807. The summed E-state index contributed by atoms with van der Waals surface area (Å²) in [6, 6.07) is 0. The summed E-state index contributed by atoms with van der Waals surface area (Å²) < 4.78 is 27.3. The van der Waals surface area contributed by atoms with Crippen LogP contribution in [0.4, 0.5) is 0 Å². The molecule has 2 rings (SSSR count). The van der Waals surface area contributed by atoms with Crippen LogP contribution < -0.4 is 0 Å². The van der Waals surface area contributed by atoms with Crippen molar-refractivity contribution >= 4 is 16.0 Å². The van der Waals surface area contributed by atoms with E-state index in [9.17, 15) is 13.2 Å². The van der Waals surface area contributed by atoms with Gasteiger partial charge in [0.25, 0.3) is 10.0 Å². The summed E-state index contributed by atoms with van der Waals surface area (Å²) in [5.74, 6) is -0.697. The molecule has 0 radical (unpaired) electrons. The number of hydrogen-bond acceptors (Lipinski definition) is 4. The normalized spacial score (nSPS) is 21.4. The molecular weight excluding hydrogens is 270 g/mol. The van der Waals surface area contributed by atoms with Gasteiger partial charge in [0.05, 0.1) is 6.33 Å². The van der Waals surface area contributed by atoms with Crippen molar-refractivity contribution in [3.05, 3.63) is 12.5 Å². The Labute approximate surface area is 111 Å². The number of imidazole rings is 1. The van der Waals surface area contributed by atoms with E-state index in [1.165, 1.54) is 21.4 Å². The van der Waals surface area contributed by atoms with Crippen LogP contribution in [0.2, 0.25) is 0 Å². The van der Waals surface area contributed by atoms with Crippen LogP contribution in [0.15, 0.2) is 17.6 Å². The van der Waals surface area contributed by atoms with Gasteiger partial charge in [-0.1, -0.05) is 6.92 Å². The molecule has 8 heteroatoms. The van der Waals surface area contributed by atoms with Crippen LogP contribution in [0.3, 0.4) is 0 Å². The lowest BCUT2D eigenvalue weighted by molar-refractivity contribution is -0.137. The molecule has 0 aromatic carbocycles. The van der Waals surface area contributed by atoms with E-state index in [2.05, 4.69) is 4.98 Å². The van der Waals surface area contributed by atoms with Crippen molar-refractivity contribution in [2.24, 2.45) is 5.92 Å². The largest absolute Gasteiger partial charge is 0.480 e. The van der Waals surface area contributed by atoms with Gasteiger partial charge in [-0.3, -0.25) is 4.79 Å². The highest BCUT2D eigenvalue weighted by Crippen LogP contribution is 2.22. The third-order valence-corrected chi connectivity index (χ3v) is 4.90. The van der Waals surface area contributed by atoms with Crippen LogP contribution >= 0.6 is 0 Å². The van der Waals surface area contributed by atoms with Gasteiger partial charge in [-0.2, -0.15) is 4.31 Å². The second-order valence-corrected chi connectivity index (χ2v) is 6.77. The van der Waals surface area contributed by atoms with Crippen LogP contribution in [0.5, 0.6) is 0 Å². The molecule has 1 aromatic rings. The second-order valence-electron chi connectivity index (χ2n) is 4.89. The van der Waals surface area contributed by atoms with Gasteiger partial charge in [0.15, 0.2) is 5.03 Å². The lowest BCUT2D eigenvalue weighted by Gasteiger charge is -2.29. The summed E-state index contributed by atoms with van der Waals surface area (Å²) >= 11 is 0. The maximum Gasteiger partial charge on any atom is 0.323 e. The first-order chi connectivity index (χ1) is 8.89. The molecule has 7 nitrogen and oxygen atoms in total. The molecule has 2 heterocycles. The Kier molecular flexibility index (Phi) is 3.91. The number of aromatic nitrogens is 2. The Morgan fingerprint density at radius 2 is 2.32 bits per heavy atom. The molecule has 19 heavy (non-hydrogen) atoms. The van der Waals surface area contributed by atoms with Gasteiger partial charge in [0, 0.05) is 19.3 Å². The lowest BCUT2D eigenvalue weighted by atomic mass is 10.0. The van der Waals surface area contributed by atoms with E-state index in [4.69, 9.17) is 5.11 Å². The first-order valence-electron chi connectivity index (χ1n) is 6.13. The minimum atomic E-state index is -3.60. The average Bonchev–Trinajstić information content (AvgIpc) is 2.77. The molecule has 0 saturated carbocycles. The molecule has 0 amide bonds. The highest BCUT2D eigenvalue weighted by atomic mass is 32.2. The van der Waals surface area contributed by atoms with Crippen LogP contribution in [-0.2, 0) is 21.4 Å². The van der Waals surface area contributed by atoms with Gasteiger partial charge >= 0.3 is 5.97 Å². The molecule has 0 spiro atoms. The van der Waals surface area contributed by atoms with Gasteiger partial charge < -0.3 is 9.67 Å². The lowest BCUT2D eigenvalue weighted by Crippen LogP contribution is -2.39. The first kappa shape index (κ1) is 14.0. The standard InChI is InChI=1S/C11H17N3O4S/c1-9-3-2-4-14(5-9)19(17,18)10-6-13(8-12-10)7-11(15)16/h6,8-9H,2-5,7H2,1H3,(H,15,16)/t9-/m1/s1. The number of carbonyl (C=O) groups is 1. The van der Waals surface area contributed by atoms with E-state index in [1.54, 1.807) is 0 Å². The van der Waals surface area contributed by atoms with Gasteiger partial charge in [-0.05, 0) is 18.8 Å². The molecule has 1 aliphatic heterocycles. The molecule has 1 fully saturated rings. The number of aliphatic carboxylic acids is 1. The summed E-state index contributed by atoms with van der Waals surface area (Å²) in [5, 5.41) is 8.57. The molecule has 1 aliphatic rings.